The van der Waals surface area contributed by atoms with Crippen LogP contribution in [0.2, 0.25) is 0 Å². The molecule has 1 amide bonds. The highest BCUT2D eigenvalue weighted by molar-refractivity contribution is 7.92. The van der Waals surface area contributed by atoms with Crippen LogP contribution in [0.3, 0.4) is 0 Å². The highest BCUT2D eigenvalue weighted by Gasteiger charge is 2.27. The van der Waals surface area contributed by atoms with E-state index in [0.717, 1.165) is 9.87 Å². The van der Waals surface area contributed by atoms with Crippen molar-refractivity contribution in [2.24, 2.45) is 0 Å². The number of amides is 1. The van der Waals surface area contributed by atoms with E-state index in [2.05, 4.69) is 5.32 Å². The van der Waals surface area contributed by atoms with Crippen LogP contribution in [-0.4, -0.2) is 33.4 Å². The number of nitrogens with one attached hydrogen (secondary N) is 1. The highest BCUT2D eigenvalue weighted by Crippen LogP contribution is 2.25. The van der Waals surface area contributed by atoms with Gasteiger partial charge in [0.25, 0.3) is 10.0 Å². The summed E-state index contributed by atoms with van der Waals surface area (Å²) in [4.78, 5) is 23.1. The zero-order chi connectivity index (χ0) is 20.0. The Hall–Kier alpha value is -2.87. The van der Waals surface area contributed by atoms with E-state index in [-0.39, 0.29) is 17.4 Å². The van der Waals surface area contributed by atoms with Crippen LogP contribution in [0.1, 0.15) is 19.4 Å². The number of nitrogens with zero attached hydrogens (tertiary/aromatic N) is 1. The minimum absolute atomic E-state index is 0.00137. The smallest absolute Gasteiger partial charge is 0.326 e. The molecule has 1 N–H and O–H groups in total. The van der Waals surface area contributed by atoms with E-state index < -0.39 is 22.5 Å². The summed E-state index contributed by atoms with van der Waals surface area (Å²) in [6, 6.07) is 12.6. The molecule has 0 aliphatic heterocycles. The number of rotatable bonds is 7. The number of hydrogen-bond acceptors (Lipinski definition) is 5. The van der Waals surface area contributed by atoms with Gasteiger partial charge in [0.05, 0.1) is 17.2 Å². The summed E-state index contributed by atoms with van der Waals surface area (Å²) in [5.74, 6) is -0.897. The van der Waals surface area contributed by atoms with Crippen molar-refractivity contribution in [2.75, 3.05) is 22.8 Å². The maximum atomic E-state index is 13.1. The van der Waals surface area contributed by atoms with Crippen molar-refractivity contribution in [1.29, 1.82) is 0 Å². The molecule has 0 spiro atoms. The van der Waals surface area contributed by atoms with Crippen molar-refractivity contribution in [3.63, 3.8) is 0 Å². The van der Waals surface area contributed by atoms with Gasteiger partial charge in [-0.05, 0) is 50.2 Å². The molecule has 0 aromatic heterocycles. The van der Waals surface area contributed by atoms with E-state index in [0.29, 0.717) is 11.4 Å². The van der Waals surface area contributed by atoms with Gasteiger partial charge >= 0.3 is 5.97 Å². The second-order valence-electron chi connectivity index (χ2n) is 5.86. The predicted octanol–water partition coefficient (Wildman–Crippen LogP) is 2.71. The molecule has 2 aromatic rings. The first kappa shape index (κ1) is 20.4. The van der Waals surface area contributed by atoms with Gasteiger partial charge in [-0.3, -0.25) is 13.9 Å². The van der Waals surface area contributed by atoms with Gasteiger partial charge in [0.15, 0.2) is 0 Å². The summed E-state index contributed by atoms with van der Waals surface area (Å²) >= 11 is 0. The number of anilines is 2. The number of hydrogen-bond donors (Lipinski definition) is 1. The third kappa shape index (κ3) is 5.30. The molecule has 0 radical (unpaired) electrons. The van der Waals surface area contributed by atoms with Crippen molar-refractivity contribution in [2.45, 2.75) is 25.7 Å². The number of sulfonamides is 1. The number of aryl methyl sites for hydroxylation is 1. The topological polar surface area (TPSA) is 92.8 Å². The maximum Gasteiger partial charge on any atom is 0.326 e. The van der Waals surface area contributed by atoms with E-state index >= 15 is 0 Å². The Labute approximate surface area is 159 Å². The predicted molar refractivity (Wildman–Crippen MR) is 103 cm³/mol. The molecule has 0 fully saturated rings. The SMILES string of the molecule is CCOC(=O)CN(c1ccc(C)cc1)S(=O)(=O)c1ccc(NC(C)=O)cc1. The van der Waals surface area contributed by atoms with Gasteiger partial charge in [0, 0.05) is 12.6 Å². The van der Waals surface area contributed by atoms with E-state index in [9.17, 15) is 18.0 Å². The van der Waals surface area contributed by atoms with E-state index in [1.807, 2.05) is 6.92 Å². The van der Waals surface area contributed by atoms with Gasteiger partial charge in [-0.2, -0.15) is 0 Å². The Morgan fingerprint density at radius 1 is 1.04 bits per heavy atom. The molecular formula is C19H22N2O5S. The molecule has 0 unspecified atom stereocenters. The molecule has 7 nitrogen and oxygen atoms in total. The molecule has 2 rings (SSSR count). The Morgan fingerprint density at radius 3 is 2.15 bits per heavy atom. The fraction of sp³-hybridized carbons (Fsp3) is 0.263. The zero-order valence-electron chi connectivity index (χ0n) is 15.4. The van der Waals surface area contributed by atoms with Crippen LogP contribution in [0.4, 0.5) is 11.4 Å². The third-order valence-corrected chi connectivity index (χ3v) is 5.45. The molecule has 2 aromatic carbocycles. The molecule has 0 aliphatic rings. The lowest BCUT2D eigenvalue weighted by molar-refractivity contribution is -0.141. The molecule has 27 heavy (non-hydrogen) atoms. The van der Waals surface area contributed by atoms with Crippen molar-refractivity contribution >= 4 is 33.3 Å². The van der Waals surface area contributed by atoms with Crippen molar-refractivity contribution in [1.82, 2.24) is 0 Å². The first-order valence-electron chi connectivity index (χ1n) is 8.36. The Balaban J connectivity index is 2.41. The Kier molecular flexibility index (Phi) is 6.57. The summed E-state index contributed by atoms with van der Waals surface area (Å²) in [5, 5.41) is 2.58. The van der Waals surface area contributed by atoms with Gasteiger partial charge < -0.3 is 10.1 Å². The van der Waals surface area contributed by atoms with Crippen LogP contribution in [0, 0.1) is 6.92 Å². The fourth-order valence-corrected chi connectivity index (χ4v) is 3.80. The zero-order valence-corrected chi connectivity index (χ0v) is 16.2. The Bertz CT molecular complexity index is 906. The maximum absolute atomic E-state index is 13.1. The molecule has 0 saturated carbocycles. The summed E-state index contributed by atoms with van der Waals surface area (Å²) in [6.07, 6.45) is 0. The standard InChI is InChI=1S/C19H22N2O5S/c1-4-26-19(23)13-21(17-9-5-14(2)6-10-17)27(24,25)18-11-7-16(8-12-18)20-15(3)22/h5-12H,4,13H2,1-3H3,(H,20,22). The second-order valence-corrected chi connectivity index (χ2v) is 7.72. The summed E-state index contributed by atoms with van der Waals surface area (Å²) in [6.45, 7) is 4.62. The van der Waals surface area contributed by atoms with Crippen LogP contribution in [0.5, 0.6) is 0 Å². The van der Waals surface area contributed by atoms with Crippen molar-refractivity contribution in [3.05, 3.63) is 54.1 Å². The summed E-state index contributed by atoms with van der Waals surface area (Å²) < 4.78 is 32.2. The quantitative estimate of drug-likeness (QED) is 0.734. The normalized spacial score (nSPS) is 10.9. The number of carbonyl (C=O) groups is 2. The van der Waals surface area contributed by atoms with Crippen LogP contribution < -0.4 is 9.62 Å². The molecule has 0 saturated heterocycles. The molecule has 0 bridgehead atoms. The van der Waals surface area contributed by atoms with Gasteiger partial charge in [0.1, 0.15) is 6.54 Å². The van der Waals surface area contributed by atoms with Crippen LogP contribution >= 0.6 is 0 Å². The lowest BCUT2D eigenvalue weighted by Gasteiger charge is -2.24. The number of carbonyl (C=O) groups excluding carboxylic acids is 2. The average Bonchev–Trinajstić information content (AvgIpc) is 2.61. The van der Waals surface area contributed by atoms with Crippen LogP contribution in [0.15, 0.2) is 53.4 Å². The summed E-state index contributed by atoms with van der Waals surface area (Å²) in [7, 11) is -4.01. The van der Waals surface area contributed by atoms with Crippen molar-refractivity contribution in [3.8, 4) is 0 Å². The summed E-state index contributed by atoms with van der Waals surface area (Å²) in [5.41, 5.74) is 1.81. The third-order valence-electron chi connectivity index (χ3n) is 3.66. The second kappa shape index (κ2) is 8.68. The van der Waals surface area contributed by atoms with Crippen LogP contribution in [-0.2, 0) is 24.3 Å². The lowest BCUT2D eigenvalue weighted by Crippen LogP contribution is -2.36. The first-order chi connectivity index (χ1) is 12.7. The van der Waals surface area contributed by atoms with Gasteiger partial charge in [0.2, 0.25) is 5.91 Å². The van der Waals surface area contributed by atoms with Gasteiger partial charge in [-0.1, -0.05) is 17.7 Å². The van der Waals surface area contributed by atoms with Crippen LogP contribution in [0.25, 0.3) is 0 Å². The average molecular weight is 390 g/mol. The minimum atomic E-state index is -4.01. The number of esters is 1. The fourth-order valence-electron chi connectivity index (χ4n) is 2.39. The molecule has 8 heteroatoms. The molecular weight excluding hydrogens is 368 g/mol. The molecule has 144 valence electrons. The number of ether oxygens (including phenoxy) is 1. The molecule has 0 atom stereocenters. The van der Waals surface area contributed by atoms with E-state index in [1.165, 1.54) is 31.2 Å². The Morgan fingerprint density at radius 2 is 1.63 bits per heavy atom. The first-order valence-corrected chi connectivity index (χ1v) is 9.80. The largest absolute Gasteiger partial charge is 0.465 e. The molecule has 0 aliphatic carbocycles. The number of benzene rings is 2. The van der Waals surface area contributed by atoms with Gasteiger partial charge in [-0.25, -0.2) is 8.42 Å². The monoisotopic (exact) mass is 390 g/mol. The minimum Gasteiger partial charge on any atom is -0.465 e. The van der Waals surface area contributed by atoms with E-state index in [1.54, 1.807) is 31.2 Å². The van der Waals surface area contributed by atoms with E-state index in [4.69, 9.17) is 4.74 Å². The lowest BCUT2D eigenvalue weighted by atomic mass is 10.2. The van der Waals surface area contributed by atoms with Crippen molar-refractivity contribution < 1.29 is 22.7 Å². The molecule has 0 heterocycles. The highest BCUT2D eigenvalue weighted by atomic mass is 32.2. The van der Waals surface area contributed by atoms with Gasteiger partial charge in [-0.15, -0.1) is 0 Å².